The zero-order valence-electron chi connectivity index (χ0n) is 18.0. The van der Waals surface area contributed by atoms with E-state index in [1.165, 1.54) is 10.5 Å². The van der Waals surface area contributed by atoms with E-state index in [4.69, 9.17) is 0 Å². The van der Waals surface area contributed by atoms with Crippen molar-refractivity contribution in [1.29, 1.82) is 0 Å². The molecule has 31 heavy (non-hydrogen) atoms. The molecule has 0 bridgehead atoms. The minimum Gasteiger partial charge on any atom is -0.340 e. The summed E-state index contributed by atoms with van der Waals surface area (Å²) in [6.07, 6.45) is 6.75. The zero-order valence-corrected chi connectivity index (χ0v) is 18.0. The number of aromatic nitrogens is 2. The molecule has 2 aromatic rings. The van der Waals surface area contributed by atoms with E-state index >= 15 is 0 Å². The number of unbranched alkanes of at least 4 members (excludes halogenated alkanes) is 2. The van der Waals surface area contributed by atoms with Crippen molar-refractivity contribution >= 4 is 17.7 Å². The third-order valence-corrected chi connectivity index (χ3v) is 6.04. The number of amides is 3. The van der Waals surface area contributed by atoms with Crippen LogP contribution >= 0.6 is 0 Å². The van der Waals surface area contributed by atoms with Crippen LogP contribution in [0.5, 0.6) is 0 Å². The number of hydrogen-bond donors (Lipinski definition) is 0. The molecule has 1 fully saturated rings. The first kappa shape index (κ1) is 21.2. The van der Waals surface area contributed by atoms with E-state index in [1.54, 1.807) is 24.3 Å². The summed E-state index contributed by atoms with van der Waals surface area (Å²) in [4.78, 5) is 42.9. The van der Waals surface area contributed by atoms with Gasteiger partial charge in [-0.05, 0) is 25.0 Å². The maximum Gasteiger partial charge on any atom is 0.261 e. The number of carbonyl (C=O) groups is 3. The van der Waals surface area contributed by atoms with Crippen molar-refractivity contribution < 1.29 is 14.4 Å². The number of benzene rings is 1. The quantitative estimate of drug-likeness (QED) is 0.479. The molecule has 4 rings (SSSR count). The van der Waals surface area contributed by atoms with E-state index in [0.29, 0.717) is 24.1 Å². The molecule has 0 radical (unpaired) electrons. The SMILES string of the molecule is Cn1cc(CN2CCN(C(=O)CCCCCN3C(=O)c4ccccc4C3=O)CC2)cn1. The molecule has 3 amide bonds. The minimum atomic E-state index is -0.208. The molecule has 3 heterocycles. The Morgan fingerprint density at radius 3 is 2.26 bits per heavy atom. The highest BCUT2D eigenvalue weighted by molar-refractivity contribution is 6.21. The Kier molecular flexibility index (Phi) is 6.46. The fraction of sp³-hybridized carbons (Fsp3) is 0.478. The van der Waals surface area contributed by atoms with Crippen LogP contribution in [-0.2, 0) is 18.4 Å². The van der Waals surface area contributed by atoms with Gasteiger partial charge in [0, 0.05) is 64.5 Å². The Balaban J connectivity index is 1.12. The standard InChI is InChI=1S/C23H29N5O3/c1-25-16-18(15-24-25)17-26-11-13-27(14-12-26)21(29)9-3-2-6-10-28-22(30)19-7-4-5-8-20(19)23(28)31/h4-5,7-8,15-16H,2-3,6,9-14,17H2,1H3. The lowest BCUT2D eigenvalue weighted by atomic mass is 10.1. The molecule has 0 N–H and O–H groups in total. The van der Waals surface area contributed by atoms with Crippen molar-refractivity contribution in [3.05, 3.63) is 53.3 Å². The Morgan fingerprint density at radius 2 is 1.65 bits per heavy atom. The Hall–Kier alpha value is -3.00. The lowest BCUT2D eigenvalue weighted by molar-refractivity contribution is -0.133. The number of nitrogens with zero attached hydrogens (tertiary/aromatic N) is 5. The number of carbonyl (C=O) groups excluding carboxylic acids is 3. The molecule has 2 aliphatic heterocycles. The largest absolute Gasteiger partial charge is 0.340 e. The summed E-state index contributed by atoms with van der Waals surface area (Å²) in [5.41, 5.74) is 2.18. The first-order chi connectivity index (χ1) is 15.0. The van der Waals surface area contributed by atoms with Crippen molar-refractivity contribution in [3.8, 4) is 0 Å². The van der Waals surface area contributed by atoms with Crippen LogP contribution in [-0.4, -0.2) is 74.9 Å². The van der Waals surface area contributed by atoms with Gasteiger partial charge < -0.3 is 4.90 Å². The van der Waals surface area contributed by atoms with Crippen molar-refractivity contribution in [2.75, 3.05) is 32.7 Å². The second kappa shape index (κ2) is 9.43. The predicted octanol–water partition coefficient (Wildman–Crippen LogP) is 1.92. The van der Waals surface area contributed by atoms with Crippen molar-refractivity contribution in [2.45, 2.75) is 32.2 Å². The molecular weight excluding hydrogens is 394 g/mol. The van der Waals surface area contributed by atoms with Crippen LogP contribution in [0.2, 0.25) is 0 Å². The van der Waals surface area contributed by atoms with Crippen molar-refractivity contribution in [3.63, 3.8) is 0 Å². The van der Waals surface area contributed by atoms with Gasteiger partial charge in [0.25, 0.3) is 11.8 Å². The van der Waals surface area contributed by atoms with Gasteiger partial charge in [-0.2, -0.15) is 5.10 Å². The normalized spacial score (nSPS) is 16.8. The van der Waals surface area contributed by atoms with Gasteiger partial charge in [-0.15, -0.1) is 0 Å². The number of imide groups is 1. The van der Waals surface area contributed by atoms with E-state index < -0.39 is 0 Å². The fourth-order valence-electron chi connectivity index (χ4n) is 4.29. The van der Waals surface area contributed by atoms with Crippen LogP contribution in [0.1, 0.15) is 52.0 Å². The monoisotopic (exact) mass is 423 g/mol. The average molecular weight is 424 g/mol. The third-order valence-electron chi connectivity index (χ3n) is 6.04. The fourth-order valence-corrected chi connectivity index (χ4v) is 4.29. The first-order valence-corrected chi connectivity index (χ1v) is 11.0. The van der Waals surface area contributed by atoms with Gasteiger partial charge in [0.2, 0.25) is 5.91 Å². The van der Waals surface area contributed by atoms with Crippen molar-refractivity contribution in [2.24, 2.45) is 7.05 Å². The van der Waals surface area contributed by atoms with E-state index in [0.717, 1.165) is 52.0 Å². The van der Waals surface area contributed by atoms with Crippen LogP contribution in [0.25, 0.3) is 0 Å². The van der Waals surface area contributed by atoms with Gasteiger partial charge in [0.1, 0.15) is 0 Å². The van der Waals surface area contributed by atoms with Crippen LogP contribution in [0, 0.1) is 0 Å². The number of fused-ring (bicyclic) bond motifs is 1. The third kappa shape index (κ3) is 4.85. The van der Waals surface area contributed by atoms with Crippen LogP contribution in [0.15, 0.2) is 36.7 Å². The summed E-state index contributed by atoms with van der Waals surface area (Å²) >= 11 is 0. The summed E-state index contributed by atoms with van der Waals surface area (Å²) < 4.78 is 1.81. The van der Waals surface area contributed by atoms with Gasteiger partial charge >= 0.3 is 0 Å². The van der Waals surface area contributed by atoms with E-state index in [2.05, 4.69) is 10.00 Å². The number of aryl methyl sites for hydroxylation is 1. The molecule has 1 aromatic carbocycles. The summed E-state index contributed by atoms with van der Waals surface area (Å²) in [7, 11) is 1.92. The van der Waals surface area contributed by atoms with Crippen LogP contribution in [0.3, 0.4) is 0 Å². The molecule has 2 aliphatic rings. The Bertz CT molecular complexity index is 927. The molecule has 8 nitrogen and oxygen atoms in total. The first-order valence-electron chi connectivity index (χ1n) is 11.0. The maximum atomic E-state index is 12.5. The maximum absolute atomic E-state index is 12.5. The molecular formula is C23H29N5O3. The van der Waals surface area contributed by atoms with Gasteiger partial charge in [-0.25, -0.2) is 0 Å². The topological polar surface area (TPSA) is 78.8 Å². The summed E-state index contributed by atoms with van der Waals surface area (Å²) in [6.45, 7) is 4.55. The summed E-state index contributed by atoms with van der Waals surface area (Å²) in [5.74, 6) is -0.219. The summed E-state index contributed by atoms with van der Waals surface area (Å²) in [6, 6.07) is 6.95. The minimum absolute atomic E-state index is 0.196. The highest BCUT2D eigenvalue weighted by Crippen LogP contribution is 2.23. The molecule has 0 unspecified atom stereocenters. The molecule has 0 atom stereocenters. The lowest BCUT2D eigenvalue weighted by Gasteiger charge is -2.34. The summed E-state index contributed by atoms with van der Waals surface area (Å²) in [5, 5.41) is 4.20. The number of piperazine rings is 1. The second-order valence-electron chi connectivity index (χ2n) is 8.30. The molecule has 0 saturated carbocycles. The van der Waals surface area contributed by atoms with Crippen LogP contribution in [0.4, 0.5) is 0 Å². The van der Waals surface area contributed by atoms with E-state index in [9.17, 15) is 14.4 Å². The Morgan fingerprint density at radius 1 is 0.968 bits per heavy atom. The van der Waals surface area contributed by atoms with E-state index in [1.807, 2.05) is 29.0 Å². The molecule has 8 heteroatoms. The van der Waals surface area contributed by atoms with E-state index in [-0.39, 0.29) is 17.7 Å². The predicted molar refractivity (Wildman–Crippen MR) is 115 cm³/mol. The highest BCUT2D eigenvalue weighted by Gasteiger charge is 2.34. The van der Waals surface area contributed by atoms with Gasteiger partial charge in [0.05, 0.1) is 17.3 Å². The molecule has 1 aromatic heterocycles. The van der Waals surface area contributed by atoms with Gasteiger partial charge in [-0.3, -0.25) is 28.9 Å². The highest BCUT2D eigenvalue weighted by atomic mass is 16.2. The number of rotatable bonds is 8. The van der Waals surface area contributed by atoms with Crippen molar-refractivity contribution in [1.82, 2.24) is 24.5 Å². The van der Waals surface area contributed by atoms with Gasteiger partial charge in [-0.1, -0.05) is 18.6 Å². The smallest absolute Gasteiger partial charge is 0.261 e. The average Bonchev–Trinajstić information content (AvgIpc) is 3.29. The molecule has 1 saturated heterocycles. The Labute approximate surface area is 182 Å². The number of hydrogen-bond acceptors (Lipinski definition) is 5. The molecule has 0 spiro atoms. The molecule has 164 valence electrons. The lowest BCUT2D eigenvalue weighted by Crippen LogP contribution is -2.48. The molecule has 0 aliphatic carbocycles. The second-order valence-corrected chi connectivity index (χ2v) is 8.30. The van der Waals surface area contributed by atoms with Crippen LogP contribution < -0.4 is 0 Å². The zero-order chi connectivity index (χ0) is 21.8. The van der Waals surface area contributed by atoms with Gasteiger partial charge in [0.15, 0.2) is 0 Å².